The first-order valence-corrected chi connectivity index (χ1v) is 5.22. The largest absolute Gasteiger partial charge is 0.213 e. The van der Waals surface area contributed by atoms with E-state index >= 15 is 0 Å². The fourth-order valence-electron chi connectivity index (χ4n) is 1.20. The van der Waals surface area contributed by atoms with Crippen LogP contribution in [0.3, 0.4) is 0 Å². The van der Waals surface area contributed by atoms with E-state index in [1.165, 1.54) is 23.5 Å². The second-order valence-electron chi connectivity index (χ2n) is 2.77. The van der Waals surface area contributed by atoms with Crippen molar-refractivity contribution in [1.29, 1.82) is 5.26 Å². The summed E-state index contributed by atoms with van der Waals surface area (Å²) >= 11 is 6.86. The fraction of sp³-hybridized carbons (Fsp3) is 0. The van der Waals surface area contributed by atoms with Crippen molar-refractivity contribution >= 4 is 22.9 Å². The Hall–Kier alpha value is -1.44. The zero-order valence-corrected chi connectivity index (χ0v) is 8.94. The van der Waals surface area contributed by atoms with Crippen molar-refractivity contribution in [2.45, 2.75) is 0 Å². The molecule has 0 saturated carbocycles. The molecule has 1 aromatic carbocycles. The SMILES string of the molecule is N#Cc1nc(Cl)sc1-c1cccc(F)c1. The summed E-state index contributed by atoms with van der Waals surface area (Å²) in [5, 5.41) is 8.80. The molecule has 0 fully saturated rings. The van der Waals surface area contributed by atoms with Crippen molar-refractivity contribution in [1.82, 2.24) is 4.98 Å². The van der Waals surface area contributed by atoms with Gasteiger partial charge < -0.3 is 0 Å². The van der Waals surface area contributed by atoms with Crippen molar-refractivity contribution < 1.29 is 4.39 Å². The highest BCUT2D eigenvalue weighted by molar-refractivity contribution is 7.19. The van der Waals surface area contributed by atoms with Gasteiger partial charge in [-0.05, 0) is 17.7 Å². The van der Waals surface area contributed by atoms with E-state index in [0.29, 0.717) is 10.4 Å². The van der Waals surface area contributed by atoms with E-state index in [0.717, 1.165) is 0 Å². The summed E-state index contributed by atoms with van der Waals surface area (Å²) in [7, 11) is 0. The van der Waals surface area contributed by atoms with Gasteiger partial charge in [0.15, 0.2) is 10.2 Å². The molecule has 2 aromatic rings. The van der Waals surface area contributed by atoms with Gasteiger partial charge >= 0.3 is 0 Å². The van der Waals surface area contributed by atoms with Crippen LogP contribution in [0.1, 0.15) is 5.69 Å². The number of hydrogen-bond acceptors (Lipinski definition) is 3. The third kappa shape index (κ3) is 1.99. The molecular weight excluding hydrogens is 235 g/mol. The van der Waals surface area contributed by atoms with Crippen LogP contribution in [0.15, 0.2) is 24.3 Å². The van der Waals surface area contributed by atoms with Crippen molar-refractivity contribution in [2.75, 3.05) is 0 Å². The Morgan fingerprint density at radius 3 is 2.93 bits per heavy atom. The van der Waals surface area contributed by atoms with E-state index in [1.807, 2.05) is 6.07 Å². The van der Waals surface area contributed by atoms with Crippen LogP contribution in [0.5, 0.6) is 0 Å². The molecule has 15 heavy (non-hydrogen) atoms. The van der Waals surface area contributed by atoms with Gasteiger partial charge in [0.05, 0.1) is 4.88 Å². The molecule has 0 N–H and O–H groups in total. The Labute approximate surface area is 94.6 Å². The van der Waals surface area contributed by atoms with Gasteiger partial charge in [0, 0.05) is 0 Å². The summed E-state index contributed by atoms with van der Waals surface area (Å²) in [6.45, 7) is 0. The summed E-state index contributed by atoms with van der Waals surface area (Å²) in [6.07, 6.45) is 0. The van der Waals surface area contributed by atoms with Crippen LogP contribution in [0.4, 0.5) is 4.39 Å². The lowest BCUT2D eigenvalue weighted by Gasteiger charge is -1.96. The van der Waals surface area contributed by atoms with Gasteiger partial charge in [0.25, 0.3) is 0 Å². The Bertz CT molecular complexity index is 545. The molecule has 2 nitrogen and oxygen atoms in total. The van der Waals surface area contributed by atoms with Gasteiger partial charge in [-0.3, -0.25) is 0 Å². The van der Waals surface area contributed by atoms with Crippen LogP contribution < -0.4 is 0 Å². The first-order valence-electron chi connectivity index (χ1n) is 4.03. The monoisotopic (exact) mass is 238 g/mol. The molecule has 0 aliphatic carbocycles. The normalized spacial score (nSPS) is 9.93. The summed E-state index contributed by atoms with van der Waals surface area (Å²) < 4.78 is 13.2. The highest BCUT2D eigenvalue weighted by Crippen LogP contribution is 2.32. The van der Waals surface area contributed by atoms with Crippen LogP contribution in [-0.2, 0) is 0 Å². The first-order chi connectivity index (χ1) is 7.20. The minimum absolute atomic E-state index is 0.232. The van der Waals surface area contributed by atoms with E-state index in [-0.39, 0.29) is 16.0 Å². The minimum atomic E-state index is -0.346. The topological polar surface area (TPSA) is 36.7 Å². The number of hydrogen-bond donors (Lipinski definition) is 0. The fourth-order valence-corrected chi connectivity index (χ4v) is 2.25. The average Bonchev–Trinajstić information content (AvgIpc) is 2.59. The molecule has 0 spiro atoms. The molecule has 0 aliphatic rings. The number of benzene rings is 1. The van der Waals surface area contributed by atoms with Crippen LogP contribution in [0.25, 0.3) is 10.4 Å². The first kappa shape index (κ1) is 10.1. The third-order valence-electron chi connectivity index (χ3n) is 1.79. The molecule has 74 valence electrons. The zero-order chi connectivity index (χ0) is 10.8. The maximum atomic E-state index is 13.0. The molecule has 1 aromatic heterocycles. The quantitative estimate of drug-likeness (QED) is 0.763. The van der Waals surface area contributed by atoms with E-state index in [1.54, 1.807) is 12.1 Å². The number of nitriles is 1. The molecule has 1 heterocycles. The van der Waals surface area contributed by atoms with E-state index in [2.05, 4.69) is 4.98 Å². The highest BCUT2D eigenvalue weighted by atomic mass is 35.5. The van der Waals surface area contributed by atoms with E-state index in [4.69, 9.17) is 16.9 Å². The number of thiazole rings is 1. The molecule has 0 amide bonds. The standard InChI is InChI=1S/C10H4ClFN2S/c11-10-14-8(5-13)9(15-10)6-2-1-3-7(12)4-6/h1-4H. The molecule has 5 heteroatoms. The van der Waals surface area contributed by atoms with Gasteiger partial charge in [-0.15, -0.1) is 11.3 Å². The van der Waals surface area contributed by atoms with Crippen molar-refractivity contribution in [3.05, 3.63) is 40.2 Å². The summed E-state index contributed by atoms with van der Waals surface area (Å²) in [6, 6.07) is 7.92. The molecule has 0 bridgehead atoms. The Morgan fingerprint density at radius 2 is 2.27 bits per heavy atom. The molecule has 2 rings (SSSR count). The summed E-state index contributed by atoms with van der Waals surface area (Å²) in [5.74, 6) is -0.346. The van der Waals surface area contributed by atoms with Gasteiger partial charge in [-0.1, -0.05) is 23.7 Å². The highest BCUT2D eigenvalue weighted by Gasteiger charge is 2.11. The van der Waals surface area contributed by atoms with Gasteiger partial charge in [0.2, 0.25) is 0 Å². The molecule has 0 radical (unpaired) electrons. The third-order valence-corrected chi connectivity index (χ3v) is 3.00. The maximum Gasteiger partial charge on any atom is 0.185 e. The lowest BCUT2D eigenvalue weighted by atomic mass is 10.1. The predicted molar refractivity (Wildman–Crippen MR) is 57.2 cm³/mol. The second kappa shape index (κ2) is 3.97. The smallest absolute Gasteiger partial charge is 0.185 e. The predicted octanol–water partition coefficient (Wildman–Crippen LogP) is 3.47. The van der Waals surface area contributed by atoms with Crippen LogP contribution in [-0.4, -0.2) is 4.98 Å². The van der Waals surface area contributed by atoms with Gasteiger partial charge in [-0.25, -0.2) is 9.37 Å². The van der Waals surface area contributed by atoms with Crippen molar-refractivity contribution in [2.24, 2.45) is 0 Å². The summed E-state index contributed by atoms with van der Waals surface area (Å²) in [4.78, 5) is 4.43. The molecular formula is C10H4ClFN2S. The van der Waals surface area contributed by atoms with Crippen molar-refractivity contribution in [3.63, 3.8) is 0 Å². The average molecular weight is 239 g/mol. The van der Waals surface area contributed by atoms with Crippen LogP contribution in [0.2, 0.25) is 4.47 Å². The van der Waals surface area contributed by atoms with E-state index < -0.39 is 0 Å². The molecule has 0 aliphatic heterocycles. The number of rotatable bonds is 1. The molecule has 0 saturated heterocycles. The molecule has 0 unspecified atom stereocenters. The Balaban J connectivity index is 2.59. The Morgan fingerprint density at radius 1 is 1.47 bits per heavy atom. The van der Waals surface area contributed by atoms with Crippen LogP contribution >= 0.6 is 22.9 Å². The van der Waals surface area contributed by atoms with Crippen LogP contribution in [0, 0.1) is 17.1 Å². The molecule has 0 atom stereocenters. The summed E-state index contributed by atoms with van der Waals surface area (Å²) in [5.41, 5.74) is 0.853. The number of aromatic nitrogens is 1. The second-order valence-corrected chi connectivity index (χ2v) is 4.35. The van der Waals surface area contributed by atoms with Crippen molar-refractivity contribution in [3.8, 4) is 16.5 Å². The van der Waals surface area contributed by atoms with Gasteiger partial charge in [0.1, 0.15) is 11.9 Å². The minimum Gasteiger partial charge on any atom is -0.213 e. The lowest BCUT2D eigenvalue weighted by Crippen LogP contribution is -1.80. The number of nitrogens with zero attached hydrogens (tertiary/aromatic N) is 2. The van der Waals surface area contributed by atoms with Gasteiger partial charge in [-0.2, -0.15) is 5.26 Å². The zero-order valence-electron chi connectivity index (χ0n) is 7.37. The lowest BCUT2D eigenvalue weighted by molar-refractivity contribution is 0.628. The maximum absolute atomic E-state index is 13.0. The Kier molecular flexibility index (Phi) is 2.67. The number of halogens is 2. The van der Waals surface area contributed by atoms with E-state index in [9.17, 15) is 4.39 Å².